The Morgan fingerprint density at radius 1 is 0.953 bits per heavy atom. The SMILES string of the molecule is CC(=O)O[C@H]1C[C@@]2(C)[C@@H](C[C@@H](O)C3[C@]2(C)CC[C@H]2[C@H](C)[C@H](O)CC[C@]32C)/C1=C(\CCC=C(C)C)C(=O)N1CCC(O)CC1. The zero-order valence-electron chi connectivity index (χ0n) is 27.7. The Kier molecular flexibility index (Phi) is 9.05. The van der Waals surface area contributed by atoms with E-state index >= 15 is 0 Å². The smallest absolute Gasteiger partial charge is 0.303 e. The highest BCUT2D eigenvalue weighted by atomic mass is 16.5. The maximum absolute atomic E-state index is 14.4. The van der Waals surface area contributed by atoms with Gasteiger partial charge in [-0.2, -0.15) is 0 Å². The quantitative estimate of drug-likeness (QED) is 0.217. The van der Waals surface area contributed by atoms with Crippen LogP contribution in [0.25, 0.3) is 0 Å². The molecule has 0 aromatic carbocycles. The topological polar surface area (TPSA) is 107 Å². The van der Waals surface area contributed by atoms with Crippen molar-refractivity contribution in [3.05, 3.63) is 22.8 Å². The summed E-state index contributed by atoms with van der Waals surface area (Å²) in [5.41, 5.74) is 2.32. The number of esters is 1. The second kappa shape index (κ2) is 11.9. The molecule has 43 heavy (non-hydrogen) atoms. The third-order valence-electron chi connectivity index (χ3n) is 13.3. The fraction of sp³-hybridized carbons (Fsp3) is 0.833. The van der Waals surface area contributed by atoms with E-state index in [1.807, 2.05) is 4.90 Å². The van der Waals surface area contributed by atoms with Crippen LogP contribution >= 0.6 is 0 Å². The van der Waals surface area contributed by atoms with Gasteiger partial charge in [-0.3, -0.25) is 9.59 Å². The molecule has 0 bridgehead atoms. The Hall–Kier alpha value is -1.70. The molecular weight excluding hydrogens is 542 g/mol. The van der Waals surface area contributed by atoms with Crippen molar-refractivity contribution in [1.29, 1.82) is 0 Å². The summed E-state index contributed by atoms with van der Waals surface area (Å²) in [5, 5.41) is 33.1. The van der Waals surface area contributed by atoms with Crippen LogP contribution in [0.15, 0.2) is 22.8 Å². The molecule has 3 N–H and O–H groups in total. The van der Waals surface area contributed by atoms with Crippen LogP contribution in [0, 0.1) is 39.9 Å². The third-order valence-corrected chi connectivity index (χ3v) is 13.3. The maximum atomic E-state index is 14.4. The minimum Gasteiger partial charge on any atom is -0.458 e. The van der Waals surface area contributed by atoms with Crippen molar-refractivity contribution in [3.63, 3.8) is 0 Å². The highest BCUT2D eigenvalue weighted by molar-refractivity contribution is 5.95. The fourth-order valence-electron chi connectivity index (χ4n) is 11.0. The lowest BCUT2D eigenvalue weighted by molar-refractivity contribution is -0.234. The van der Waals surface area contributed by atoms with Crippen molar-refractivity contribution in [3.8, 4) is 0 Å². The number of hydrogen-bond donors (Lipinski definition) is 3. The molecular formula is C36H57NO6. The Morgan fingerprint density at radius 2 is 1.63 bits per heavy atom. The van der Waals surface area contributed by atoms with Crippen LogP contribution in [0.5, 0.6) is 0 Å². The van der Waals surface area contributed by atoms with Gasteiger partial charge in [0.2, 0.25) is 5.91 Å². The predicted molar refractivity (Wildman–Crippen MR) is 167 cm³/mol. The van der Waals surface area contributed by atoms with E-state index in [0.717, 1.165) is 43.3 Å². The zero-order valence-corrected chi connectivity index (χ0v) is 27.7. The first kappa shape index (κ1) is 32.7. The zero-order chi connectivity index (χ0) is 31.5. The lowest BCUT2D eigenvalue weighted by Crippen LogP contribution is -2.65. The number of carbonyl (C=O) groups is 2. The summed E-state index contributed by atoms with van der Waals surface area (Å²) in [5.74, 6) is 0.228. The van der Waals surface area contributed by atoms with E-state index in [1.54, 1.807) is 0 Å². The number of hydrogen-bond acceptors (Lipinski definition) is 6. The third kappa shape index (κ3) is 5.43. The van der Waals surface area contributed by atoms with E-state index < -0.39 is 12.2 Å². The summed E-state index contributed by atoms with van der Waals surface area (Å²) in [4.78, 5) is 28.8. The van der Waals surface area contributed by atoms with Crippen molar-refractivity contribution < 1.29 is 29.6 Å². The van der Waals surface area contributed by atoms with E-state index in [2.05, 4.69) is 47.6 Å². The molecule has 10 atom stereocenters. The van der Waals surface area contributed by atoms with Gasteiger partial charge in [-0.1, -0.05) is 39.3 Å². The van der Waals surface area contributed by atoms with Crippen molar-refractivity contribution in [2.75, 3.05) is 13.1 Å². The number of rotatable bonds is 5. The van der Waals surface area contributed by atoms with Gasteiger partial charge in [-0.05, 0) is 124 Å². The summed E-state index contributed by atoms with van der Waals surface area (Å²) in [6, 6.07) is 0. The molecule has 1 amide bonds. The van der Waals surface area contributed by atoms with Crippen LogP contribution in [0.4, 0.5) is 0 Å². The van der Waals surface area contributed by atoms with Crippen LogP contribution in [-0.2, 0) is 14.3 Å². The Balaban J connectivity index is 1.61. The first-order chi connectivity index (χ1) is 20.1. The molecule has 5 aliphatic rings. The fourth-order valence-corrected chi connectivity index (χ4v) is 11.0. The molecule has 0 spiro atoms. The molecule has 1 unspecified atom stereocenters. The number of piperidine rings is 1. The van der Waals surface area contributed by atoms with Crippen molar-refractivity contribution in [1.82, 2.24) is 4.90 Å². The number of nitrogens with zero attached hydrogens (tertiary/aromatic N) is 1. The second-order valence-corrected chi connectivity index (χ2v) is 15.9. The number of likely N-dealkylation sites (tertiary alicyclic amines) is 1. The van der Waals surface area contributed by atoms with Crippen LogP contribution in [-0.4, -0.2) is 69.6 Å². The minimum absolute atomic E-state index is 0.00186. The number of fused-ring (bicyclic) bond motifs is 5. The van der Waals surface area contributed by atoms with Crippen LogP contribution in [0.3, 0.4) is 0 Å². The van der Waals surface area contributed by atoms with Crippen molar-refractivity contribution in [2.45, 2.75) is 137 Å². The number of aliphatic hydroxyl groups is 3. The molecule has 7 nitrogen and oxygen atoms in total. The molecule has 1 heterocycles. The Bertz CT molecular complexity index is 1150. The van der Waals surface area contributed by atoms with Crippen molar-refractivity contribution >= 4 is 11.9 Å². The van der Waals surface area contributed by atoms with E-state index in [-0.39, 0.29) is 58.1 Å². The highest BCUT2D eigenvalue weighted by Crippen LogP contribution is 2.74. The Morgan fingerprint density at radius 3 is 2.26 bits per heavy atom. The molecule has 5 fully saturated rings. The first-order valence-corrected chi connectivity index (χ1v) is 17.0. The van der Waals surface area contributed by atoms with E-state index in [0.29, 0.717) is 51.1 Å². The van der Waals surface area contributed by atoms with Gasteiger partial charge in [0.15, 0.2) is 0 Å². The van der Waals surface area contributed by atoms with Gasteiger partial charge in [-0.25, -0.2) is 0 Å². The standard InChI is InChI=1S/C36H57NO6/c1-21(2)9-8-10-25(33(42)37-17-13-24(39)14-18-37)31-27-19-29(41)32-34(5)15-12-28(40)22(3)26(34)11-16-35(32,6)36(27,7)20-30(31)43-23(4)38/h9,22,24,26-30,32,39-41H,8,10-20H2,1-7H3/b31-25-/t22-,26-,27-,28+,29+,30-,32?,34-,35-,36-/m0/s1. The molecule has 7 heteroatoms. The minimum atomic E-state index is -0.538. The summed E-state index contributed by atoms with van der Waals surface area (Å²) in [7, 11) is 0. The van der Waals surface area contributed by atoms with Crippen LogP contribution in [0.2, 0.25) is 0 Å². The molecule has 1 aliphatic heterocycles. The predicted octanol–water partition coefficient (Wildman–Crippen LogP) is 5.56. The Labute approximate surface area is 259 Å². The lowest BCUT2D eigenvalue weighted by atomic mass is 9.36. The average molecular weight is 600 g/mol. The summed E-state index contributed by atoms with van der Waals surface area (Å²) >= 11 is 0. The monoisotopic (exact) mass is 599 g/mol. The molecule has 0 aromatic rings. The molecule has 4 saturated carbocycles. The van der Waals surface area contributed by atoms with Gasteiger partial charge in [-0.15, -0.1) is 0 Å². The number of amides is 1. The number of aliphatic hydroxyl groups excluding tert-OH is 3. The lowest BCUT2D eigenvalue weighted by Gasteiger charge is -2.69. The number of ether oxygens (including phenoxy) is 1. The van der Waals surface area contributed by atoms with Crippen LogP contribution < -0.4 is 0 Å². The second-order valence-electron chi connectivity index (χ2n) is 15.9. The molecule has 0 aromatic heterocycles. The summed E-state index contributed by atoms with van der Waals surface area (Å²) in [6.45, 7) is 15.9. The number of allylic oxidation sites excluding steroid dienone is 2. The van der Waals surface area contributed by atoms with E-state index in [1.165, 1.54) is 12.5 Å². The van der Waals surface area contributed by atoms with Crippen LogP contribution in [0.1, 0.15) is 113 Å². The molecule has 242 valence electrons. The highest BCUT2D eigenvalue weighted by Gasteiger charge is 2.70. The van der Waals surface area contributed by atoms with E-state index in [4.69, 9.17) is 4.74 Å². The summed E-state index contributed by atoms with van der Waals surface area (Å²) in [6.07, 6.45) is 7.75. The van der Waals surface area contributed by atoms with Gasteiger partial charge >= 0.3 is 5.97 Å². The molecule has 0 radical (unpaired) electrons. The van der Waals surface area contributed by atoms with Gasteiger partial charge in [0.05, 0.1) is 18.3 Å². The van der Waals surface area contributed by atoms with E-state index in [9.17, 15) is 24.9 Å². The normalized spacial score (nSPS) is 44.1. The van der Waals surface area contributed by atoms with Gasteiger partial charge in [0.25, 0.3) is 0 Å². The van der Waals surface area contributed by atoms with Gasteiger partial charge < -0.3 is 25.0 Å². The first-order valence-electron chi connectivity index (χ1n) is 17.0. The average Bonchev–Trinajstić information content (AvgIpc) is 3.20. The maximum Gasteiger partial charge on any atom is 0.303 e. The molecule has 1 saturated heterocycles. The number of carbonyl (C=O) groups excluding carboxylic acids is 2. The van der Waals surface area contributed by atoms with Gasteiger partial charge in [0, 0.05) is 25.6 Å². The van der Waals surface area contributed by atoms with Crippen molar-refractivity contribution in [2.24, 2.45) is 39.9 Å². The largest absolute Gasteiger partial charge is 0.458 e. The molecule has 4 aliphatic carbocycles. The summed E-state index contributed by atoms with van der Waals surface area (Å²) < 4.78 is 6.13. The molecule has 5 rings (SSSR count). The van der Waals surface area contributed by atoms with Gasteiger partial charge in [0.1, 0.15) is 6.10 Å².